The topological polar surface area (TPSA) is 75.9 Å². The summed E-state index contributed by atoms with van der Waals surface area (Å²) in [4.78, 5) is 13.4. The minimum Gasteiger partial charge on any atom is -0.487 e. The molecule has 0 unspecified atom stereocenters. The van der Waals surface area contributed by atoms with Crippen LogP contribution in [0, 0.1) is 5.41 Å². The van der Waals surface area contributed by atoms with Gasteiger partial charge in [0.15, 0.2) is 5.78 Å². The van der Waals surface area contributed by atoms with E-state index in [1.807, 2.05) is 19.1 Å². The maximum atomic E-state index is 12.8. The molecule has 0 radical (unpaired) electrons. The zero-order chi connectivity index (χ0) is 19.6. The number of carbonyl (C=O) groups is 1. The zero-order valence-electron chi connectivity index (χ0n) is 14.3. The van der Waals surface area contributed by atoms with E-state index in [9.17, 15) is 4.79 Å². The lowest BCUT2D eigenvalue weighted by Crippen LogP contribution is -2.11. The van der Waals surface area contributed by atoms with Crippen LogP contribution in [0.4, 0.5) is 0 Å². The van der Waals surface area contributed by atoms with Crippen LogP contribution in [0.15, 0.2) is 38.6 Å². The summed E-state index contributed by atoms with van der Waals surface area (Å²) in [5.41, 5.74) is 0.829. The van der Waals surface area contributed by atoms with Crippen LogP contribution in [0.2, 0.25) is 0 Å². The van der Waals surface area contributed by atoms with Gasteiger partial charge in [0.1, 0.15) is 28.3 Å². The fourth-order valence-electron chi connectivity index (χ4n) is 2.43. The lowest BCUT2D eigenvalue weighted by molar-refractivity contribution is -0.114. The van der Waals surface area contributed by atoms with E-state index in [0.717, 1.165) is 25.9 Å². The first-order chi connectivity index (χ1) is 12.9. The molecule has 1 N–H and O–H groups in total. The van der Waals surface area contributed by atoms with Gasteiger partial charge in [-0.3, -0.25) is 10.2 Å². The third kappa shape index (κ3) is 4.42. The minimum atomic E-state index is -0.638. The standard InChI is InChI=1S/C18H15Br2N3O2S2/c1-3-5-25-16-10(19)6-9(7-11(16)20)8-12-15(24)14(17(21)26-12)18-23-22-13(4-2)27-18/h3,6-8,14,21H,1,4-5H2,2H3/b12-8-,21-17?/t14-/m0/s1. The van der Waals surface area contributed by atoms with Gasteiger partial charge in [-0.1, -0.05) is 31.3 Å². The molecule has 1 aliphatic heterocycles. The third-order valence-corrected chi connectivity index (χ3v) is 6.99. The number of halogens is 2. The highest BCUT2D eigenvalue weighted by Crippen LogP contribution is 2.42. The highest BCUT2D eigenvalue weighted by atomic mass is 79.9. The summed E-state index contributed by atoms with van der Waals surface area (Å²) in [6.45, 7) is 6.03. The summed E-state index contributed by atoms with van der Waals surface area (Å²) in [5, 5.41) is 18.2. The Kier molecular flexibility index (Phi) is 6.67. The number of benzene rings is 1. The van der Waals surface area contributed by atoms with Crippen molar-refractivity contribution in [3.63, 3.8) is 0 Å². The quantitative estimate of drug-likeness (QED) is 0.389. The molecule has 0 spiro atoms. The lowest BCUT2D eigenvalue weighted by atomic mass is 10.1. The van der Waals surface area contributed by atoms with E-state index in [-0.39, 0.29) is 10.8 Å². The van der Waals surface area contributed by atoms with Crippen LogP contribution in [-0.4, -0.2) is 27.6 Å². The number of rotatable bonds is 6. The predicted molar refractivity (Wildman–Crippen MR) is 118 cm³/mol. The molecule has 1 saturated heterocycles. The predicted octanol–water partition coefficient (Wildman–Crippen LogP) is 5.61. The summed E-state index contributed by atoms with van der Waals surface area (Å²) in [6, 6.07) is 3.75. The van der Waals surface area contributed by atoms with Crippen molar-refractivity contribution in [2.24, 2.45) is 0 Å². The first kappa shape index (κ1) is 20.4. The van der Waals surface area contributed by atoms with Gasteiger partial charge in [-0.05, 0) is 62.1 Å². The zero-order valence-corrected chi connectivity index (χ0v) is 19.1. The van der Waals surface area contributed by atoms with E-state index in [4.69, 9.17) is 10.1 Å². The molecule has 9 heteroatoms. The van der Waals surface area contributed by atoms with Crippen LogP contribution in [0.25, 0.3) is 6.08 Å². The summed E-state index contributed by atoms with van der Waals surface area (Å²) in [7, 11) is 0. The second-order valence-corrected chi connectivity index (χ2v) is 9.46. The number of allylic oxidation sites excluding steroid dienone is 1. The molecule has 1 atom stereocenters. The van der Waals surface area contributed by atoms with Crippen molar-refractivity contribution in [1.29, 1.82) is 5.41 Å². The molecule has 2 aromatic rings. The van der Waals surface area contributed by atoms with Crippen molar-refractivity contribution in [2.75, 3.05) is 6.61 Å². The molecule has 140 valence electrons. The van der Waals surface area contributed by atoms with Gasteiger partial charge in [0, 0.05) is 0 Å². The molecule has 1 aromatic heterocycles. The van der Waals surface area contributed by atoms with E-state index in [2.05, 4.69) is 48.6 Å². The number of thioether (sulfide) groups is 1. The van der Waals surface area contributed by atoms with Gasteiger partial charge in [0.05, 0.1) is 18.9 Å². The number of carbonyl (C=O) groups excluding carboxylic acids is 1. The molecule has 2 heterocycles. The highest BCUT2D eigenvalue weighted by Gasteiger charge is 2.39. The van der Waals surface area contributed by atoms with Gasteiger partial charge >= 0.3 is 0 Å². The SMILES string of the molecule is C=CCOc1c(Br)cc(/C=C2\SC(=N)[C@@H](c3nnc(CC)s3)C2=O)cc1Br. The second-order valence-electron chi connectivity index (χ2n) is 5.57. The molecular formula is C18H15Br2N3O2S2. The summed E-state index contributed by atoms with van der Waals surface area (Å²) >= 11 is 9.56. The van der Waals surface area contributed by atoms with Crippen molar-refractivity contribution in [3.05, 3.63) is 54.2 Å². The number of ketones is 1. The Hall–Kier alpha value is -1.29. The number of hydrogen-bond donors (Lipinski definition) is 1. The summed E-state index contributed by atoms with van der Waals surface area (Å²) in [6.07, 6.45) is 4.23. The van der Waals surface area contributed by atoms with E-state index in [0.29, 0.717) is 22.3 Å². The van der Waals surface area contributed by atoms with Gasteiger partial charge in [-0.25, -0.2) is 0 Å². The largest absolute Gasteiger partial charge is 0.487 e. The highest BCUT2D eigenvalue weighted by molar-refractivity contribution is 9.11. The van der Waals surface area contributed by atoms with Crippen molar-refractivity contribution in [1.82, 2.24) is 10.2 Å². The molecule has 0 amide bonds. The first-order valence-corrected chi connectivity index (χ1v) is 11.2. The average Bonchev–Trinajstić information content (AvgIpc) is 3.19. The van der Waals surface area contributed by atoms with E-state index < -0.39 is 5.92 Å². The number of aromatic nitrogens is 2. The Morgan fingerprint density at radius 2 is 2.04 bits per heavy atom. The second kappa shape index (κ2) is 8.81. The fraction of sp³-hybridized carbons (Fsp3) is 0.222. The van der Waals surface area contributed by atoms with Crippen LogP contribution in [-0.2, 0) is 11.2 Å². The molecule has 0 aliphatic carbocycles. The Bertz CT molecular complexity index is 933. The molecule has 5 nitrogen and oxygen atoms in total. The fourth-order valence-corrected chi connectivity index (χ4v) is 5.84. The van der Waals surface area contributed by atoms with Crippen LogP contribution >= 0.6 is 55.0 Å². The Morgan fingerprint density at radius 3 is 2.63 bits per heavy atom. The van der Waals surface area contributed by atoms with Gasteiger partial charge in [0.25, 0.3) is 0 Å². The molecule has 1 aliphatic rings. The van der Waals surface area contributed by atoms with Crippen LogP contribution in [0.1, 0.15) is 28.4 Å². The van der Waals surface area contributed by atoms with Gasteiger partial charge in [-0.2, -0.15) is 0 Å². The van der Waals surface area contributed by atoms with Crippen molar-refractivity contribution in [2.45, 2.75) is 19.3 Å². The van der Waals surface area contributed by atoms with Crippen LogP contribution in [0.3, 0.4) is 0 Å². The van der Waals surface area contributed by atoms with Gasteiger partial charge in [-0.15, -0.1) is 21.5 Å². The number of ether oxygens (including phenoxy) is 1. The molecule has 27 heavy (non-hydrogen) atoms. The smallest absolute Gasteiger partial charge is 0.186 e. The Morgan fingerprint density at radius 1 is 1.33 bits per heavy atom. The molecule has 1 aromatic carbocycles. The Balaban J connectivity index is 1.88. The summed E-state index contributed by atoms with van der Waals surface area (Å²) in [5.74, 6) is -0.0711. The number of aryl methyl sites for hydroxylation is 1. The van der Waals surface area contributed by atoms with E-state index in [1.54, 1.807) is 12.2 Å². The molecular weight excluding hydrogens is 514 g/mol. The Labute approximate surface area is 182 Å². The van der Waals surface area contributed by atoms with Gasteiger partial charge < -0.3 is 4.74 Å². The molecule has 0 saturated carbocycles. The number of nitrogens with one attached hydrogen (secondary N) is 1. The van der Waals surface area contributed by atoms with Crippen molar-refractivity contribution >= 4 is 71.9 Å². The number of hydrogen-bond acceptors (Lipinski definition) is 7. The first-order valence-electron chi connectivity index (χ1n) is 8.01. The van der Waals surface area contributed by atoms with E-state index in [1.165, 1.54) is 23.1 Å². The van der Waals surface area contributed by atoms with Crippen molar-refractivity contribution < 1.29 is 9.53 Å². The third-order valence-electron chi connectivity index (χ3n) is 3.68. The molecule has 0 bridgehead atoms. The van der Waals surface area contributed by atoms with Crippen molar-refractivity contribution in [3.8, 4) is 5.75 Å². The minimum absolute atomic E-state index is 0.108. The lowest BCUT2D eigenvalue weighted by Gasteiger charge is -2.09. The van der Waals surface area contributed by atoms with Crippen LogP contribution in [0.5, 0.6) is 5.75 Å². The number of Topliss-reactive ketones (excluding diaryl/α,β-unsaturated/α-hetero) is 1. The molecule has 1 fully saturated rings. The normalized spacial score (nSPS) is 18.3. The maximum absolute atomic E-state index is 12.8. The number of nitrogens with zero attached hydrogens (tertiary/aromatic N) is 2. The average molecular weight is 529 g/mol. The maximum Gasteiger partial charge on any atom is 0.186 e. The molecule has 3 rings (SSSR count). The van der Waals surface area contributed by atoms with Crippen LogP contribution < -0.4 is 4.74 Å². The van der Waals surface area contributed by atoms with E-state index >= 15 is 0 Å². The van der Waals surface area contributed by atoms with Gasteiger partial charge in [0.2, 0.25) is 0 Å². The monoisotopic (exact) mass is 527 g/mol. The summed E-state index contributed by atoms with van der Waals surface area (Å²) < 4.78 is 7.15.